The van der Waals surface area contributed by atoms with Crippen LogP contribution in [0.2, 0.25) is 0 Å². The molecule has 0 saturated heterocycles. The summed E-state index contributed by atoms with van der Waals surface area (Å²) < 4.78 is 0. The van der Waals surface area contributed by atoms with E-state index >= 15 is 0 Å². The molecule has 0 radical (unpaired) electrons. The van der Waals surface area contributed by atoms with Gasteiger partial charge in [0.25, 0.3) is 0 Å². The molecular formula is C10H22N2O. The summed E-state index contributed by atoms with van der Waals surface area (Å²) in [5.74, 6) is 0.603. The lowest BCUT2D eigenvalue weighted by molar-refractivity contribution is -0.128. The van der Waals surface area contributed by atoms with Gasteiger partial charge in [-0.05, 0) is 19.5 Å². The molecule has 3 nitrogen and oxygen atoms in total. The molecule has 0 fully saturated rings. The van der Waals surface area contributed by atoms with E-state index in [0.29, 0.717) is 5.92 Å². The Kier molecular flexibility index (Phi) is 4.99. The summed E-state index contributed by atoms with van der Waals surface area (Å²) in [6.45, 7) is 9.56. The summed E-state index contributed by atoms with van der Waals surface area (Å²) in [7, 11) is 1.92. The molecule has 0 saturated carbocycles. The van der Waals surface area contributed by atoms with E-state index in [4.69, 9.17) is 0 Å². The number of carbonyl (C=O) groups is 1. The van der Waals surface area contributed by atoms with Crippen LogP contribution in [0.15, 0.2) is 0 Å². The first-order valence-corrected chi connectivity index (χ1v) is 4.81. The first-order chi connectivity index (χ1) is 5.88. The molecule has 1 amide bonds. The van der Waals surface area contributed by atoms with Gasteiger partial charge in [-0.15, -0.1) is 0 Å². The normalized spacial score (nSPS) is 13.9. The van der Waals surface area contributed by atoms with Crippen molar-refractivity contribution >= 4 is 5.91 Å². The molecule has 0 rings (SSSR count). The molecule has 78 valence electrons. The van der Waals surface area contributed by atoms with Crippen LogP contribution in [-0.4, -0.2) is 26.0 Å². The minimum absolute atomic E-state index is 0.121. The largest absolute Gasteiger partial charge is 0.355 e. The minimum atomic E-state index is -0.278. The molecule has 0 aliphatic rings. The van der Waals surface area contributed by atoms with Gasteiger partial charge >= 0.3 is 0 Å². The number of carbonyl (C=O) groups excluding carboxylic acids is 1. The molecular weight excluding hydrogens is 164 g/mol. The van der Waals surface area contributed by atoms with Crippen LogP contribution < -0.4 is 10.6 Å². The zero-order chi connectivity index (χ0) is 10.5. The summed E-state index contributed by atoms with van der Waals surface area (Å²) in [4.78, 5) is 11.4. The lowest BCUT2D eigenvalue weighted by Crippen LogP contribution is -2.38. The number of nitrogens with one attached hydrogen (secondary N) is 2. The Morgan fingerprint density at radius 1 is 1.31 bits per heavy atom. The van der Waals surface area contributed by atoms with Gasteiger partial charge in [-0.1, -0.05) is 27.7 Å². The van der Waals surface area contributed by atoms with E-state index in [1.54, 1.807) is 0 Å². The maximum Gasteiger partial charge on any atom is 0.225 e. The van der Waals surface area contributed by atoms with Gasteiger partial charge in [0, 0.05) is 12.0 Å². The molecule has 0 heterocycles. The van der Waals surface area contributed by atoms with E-state index in [1.807, 2.05) is 27.8 Å². The van der Waals surface area contributed by atoms with E-state index in [0.717, 1.165) is 13.1 Å². The molecule has 0 spiro atoms. The summed E-state index contributed by atoms with van der Waals surface area (Å²) in [6, 6.07) is 0. The number of hydrogen-bond donors (Lipinski definition) is 2. The summed E-state index contributed by atoms with van der Waals surface area (Å²) >= 11 is 0. The third-order valence-corrected chi connectivity index (χ3v) is 1.84. The second-order valence-corrected chi connectivity index (χ2v) is 4.62. The maximum absolute atomic E-state index is 11.4. The van der Waals surface area contributed by atoms with Gasteiger partial charge < -0.3 is 10.6 Å². The molecule has 0 aliphatic carbocycles. The standard InChI is InChI=1S/C10H22N2O/c1-8(6-11-5)7-12-9(13)10(2,3)4/h8,11H,6-7H2,1-5H3,(H,12,13). The summed E-state index contributed by atoms with van der Waals surface area (Å²) in [5, 5.41) is 6.01. The average molecular weight is 186 g/mol. The zero-order valence-electron chi connectivity index (χ0n) is 9.40. The second kappa shape index (κ2) is 5.22. The van der Waals surface area contributed by atoms with Crippen molar-refractivity contribution in [3.8, 4) is 0 Å². The van der Waals surface area contributed by atoms with Crippen LogP contribution in [0.4, 0.5) is 0 Å². The highest BCUT2D eigenvalue weighted by Crippen LogP contribution is 2.12. The van der Waals surface area contributed by atoms with Crippen molar-refractivity contribution in [2.75, 3.05) is 20.1 Å². The Hall–Kier alpha value is -0.570. The Bertz CT molecular complexity index is 161. The van der Waals surface area contributed by atoms with Crippen molar-refractivity contribution < 1.29 is 4.79 Å². The highest BCUT2D eigenvalue weighted by atomic mass is 16.2. The fourth-order valence-corrected chi connectivity index (χ4v) is 0.953. The maximum atomic E-state index is 11.4. The SMILES string of the molecule is CNCC(C)CNC(=O)C(C)(C)C. The quantitative estimate of drug-likeness (QED) is 0.688. The average Bonchev–Trinajstić information content (AvgIpc) is 1.99. The van der Waals surface area contributed by atoms with E-state index in [9.17, 15) is 4.79 Å². The monoisotopic (exact) mass is 186 g/mol. The van der Waals surface area contributed by atoms with Crippen LogP contribution in [0, 0.1) is 11.3 Å². The van der Waals surface area contributed by atoms with Gasteiger partial charge in [-0.25, -0.2) is 0 Å². The number of hydrogen-bond acceptors (Lipinski definition) is 2. The highest BCUT2D eigenvalue weighted by Gasteiger charge is 2.20. The van der Waals surface area contributed by atoms with Gasteiger partial charge in [0.15, 0.2) is 0 Å². The highest BCUT2D eigenvalue weighted by molar-refractivity contribution is 5.81. The van der Waals surface area contributed by atoms with Gasteiger partial charge in [0.2, 0.25) is 5.91 Å². The number of amides is 1. The van der Waals surface area contributed by atoms with Gasteiger partial charge in [-0.3, -0.25) is 4.79 Å². The molecule has 3 heteroatoms. The summed E-state index contributed by atoms with van der Waals surface area (Å²) in [6.07, 6.45) is 0. The third-order valence-electron chi connectivity index (χ3n) is 1.84. The van der Waals surface area contributed by atoms with E-state index in [2.05, 4.69) is 17.6 Å². The van der Waals surface area contributed by atoms with E-state index < -0.39 is 0 Å². The predicted molar refractivity (Wildman–Crippen MR) is 55.6 cm³/mol. The van der Waals surface area contributed by atoms with Crippen LogP contribution in [0.5, 0.6) is 0 Å². The smallest absolute Gasteiger partial charge is 0.225 e. The van der Waals surface area contributed by atoms with Crippen molar-refractivity contribution in [1.82, 2.24) is 10.6 Å². The molecule has 0 bridgehead atoms. The topological polar surface area (TPSA) is 41.1 Å². The van der Waals surface area contributed by atoms with E-state index in [-0.39, 0.29) is 11.3 Å². The van der Waals surface area contributed by atoms with Crippen molar-refractivity contribution in [1.29, 1.82) is 0 Å². The Labute approximate surface area is 81.3 Å². The first-order valence-electron chi connectivity index (χ1n) is 4.81. The van der Waals surface area contributed by atoms with Crippen LogP contribution in [0.3, 0.4) is 0 Å². The van der Waals surface area contributed by atoms with Crippen LogP contribution >= 0.6 is 0 Å². The zero-order valence-corrected chi connectivity index (χ0v) is 9.40. The molecule has 13 heavy (non-hydrogen) atoms. The number of rotatable bonds is 4. The van der Waals surface area contributed by atoms with Crippen molar-refractivity contribution in [3.05, 3.63) is 0 Å². The summed E-state index contributed by atoms with van der Waals surface area (Å²) in [5.41, 5.74) is -0.278. The van der Waals surface area contributed by atoms with Crippen molar-refractivity contribution in [2.24, 2.45) is 11.3 Å². The Balaban J connectivity index is 3.71. The minimum Gasteiger partial charge on any atom is -0.355 e. The third kappa shape index (κ3) is 5.64. The van der Waals surface area contributed by atoms with Gasteiger partial charge in [-0.2, -0.15) is 0 Å². The molecule has 1 atom stereocenters. The molecule has 0 aromatic heterocycles. The molecule has 0 aliphatic heterocycles. The lowest BCUT2D eigenvalue weighted by atomic mass is 9.95. The van der Waals surface area contributed by atoms with Crippen LogP contribution in [0.25, 0.3) is 0 Å². The fourth-order valence-electron chi connectivity index (χ4n) is 0.953. The Morgan fingerprint density at radius 3 is 2.23 bits per heavy atom. The predicted octanol–water partition coefficient (Wildman–Crippen LogP) is 1.00. The molecule has 0 aromatic carbocycles. The lowest BCUT2D eigenvalue weighted by Gasteiger charge is -2.19. The van der Waals surface area contributed by atoms with Crippen LogP contribution in [0.1, 0.15) is 27.7 Å². The van der Waals surface area contributed by atoms with Crippen molar-refractivity contribution in [3.63, 3.8) is 0 Å². The Morgan fingerprint density at radius 2 is 1.85 bits per heavy atom. The first kappa shape index (κ1) is 12.4. The van der Waals surface area contributed by atoms with Crippen molar-refractivity contribution in [2.45, 2.75) is 27.7 Å². The molecule has 2 N–H and O–H groups in total. The molecule has 1 unspecified atom stereocenters. The van der Waals surface area contributed by atoms with E-state index in [1.165, 1.54) is 0 Å². The second-order valence-electron chi connectivity index (χ2n) is 4.62. The van der Waals surface area contributed by atoms with Gasteiger partial charge in [0.1, 0.15) is 0 Å². The molecule has 0 aromatic rings. The van der Waals surface area contributed by atoms with Gasteiger partial charge in [0.05, 0.1) is 0 Å². The van der Waals surface area contributed by atoms with Crippen LogP contribution in [-0.2, 0) is 4.79 Å². The fraction of sp³-hybridized carbons (Fsp3) is 0.900.